The van der Waals surface area contributed by atoms with Crippen LogP contribution in [0.15, 0.2) is 24.3 Å². The average molecular weight is 398 g/mol. The Hall–Kier alpha value is -0.560. The van der Waals surface area contributed by atoms with E-state index in [-0.39, 0.29) is 0 Å². The lowest BCUT2D eigenvalue weighted by Crippen LogP contribution is -2.42. The molecule has 0 aromatic heterocycles. The quantitative estimate of drug-likeness (QED) is 0.448. The van der Waals surface area contributed by atoms with Gasteiger partial charge >= 0.3 is 0 Å². The first kappa shape index (κ1) is 21.7. The largest absolute Gasteiger partial charge is 0.311 e. The molecule has 1 heteroatoms. The van der Waals surface area contributed by atoms with Crippen LogP contribution in [0.4, 0.5) is 0 Å². The highest BCUT2D eigenvalue weighted by Gasteiger charge is 2.25. The lowest BCUT2D eigenvalue weighted by molar-refractivity contribution is 0.255. The molecule has 4 fully saturated rings. The lowest BCUT2D eigenvalue weighted by atomic mass is 9.81. The Labute approximate surface area is 181 Å². The predicted octanol–water partition coefficient (Wildman–Crippen LogP) is 7.97. The molecule has 4 saturated carbocycles. The summed E-state index contributed by atoms with van der Waals surface area (Å²) in [7, 11) is 0. The maximum Gasteiger partial charge on any atom is 0.00700 e. The van der Waals surface area contributed by atoms with Crippen LogP contribution in [-0.2, 0) is 0 Å². The van der Waals surface area contributed by atoms with Gasteiger partial charge in [-0.3, -0.25) is 0 Å². The Morgan fingerprint density at radius 1 is 0.345 bits per heavy atom. The van der Waals surface area contributed by atoms with E-state index in [9.17, 15) is 0 Å². The van der Waals surface area contributed by atoms with Gasteiger partial charge in [0, 0.05) is 12.1 Å². The Balaban J connectivity index is 1.10. The molecule has 0 spiro atoms. The van der Waals surface area contributed by atoms with Crippen LogP contribution < -0.4 is 5.32 Å². The number of hydrogen-bond acceptors (Lipinski definition) is 1. The van der Waals surface area contributed by atoms with Gasteiger partial charge in [-0.25, -0.2) is 0 Å². The van der Waals surface area contributed by atoms with Gasteiger partial charge in [0.25, 0.3) is 0 Å². The second kappa shape index (κ2) is 11.7. The van der Waals surface area contributed by atoms with Gasteiger partial charge in [-0.05, 0) is 101 Å². The summed E-state index contributed by atoms with van der Waals surface area (Å²) in [5, 5.41) is 4.06. The molecule has 164 valence electrons. The highest BCUT2D eigenvalue weighted by atomic mass is 15.0. The monoisotopic (exact) mass is 397 g/mol. The Kier molecular flexibility index (Phi) is 8.76. The fourth-order valence-corrected chi connectivity index (χ4v) is 6.57. The minimum absolute atomic E-state index is 0.800. The van der Waals surface area contributed by atoms with Crippen molar-refractivity contribution in [2.24, 2.45) is 23.7 Å². The number of allylic oxidation sites excluding steroid dienone is 4. The summed E-state index contributed by atoms with van der Waals surface area (Å²) in [4.78, 5) is 0. The second-order valence-corrected chi connectivity index (χ2v) is 11.0. The van der Waals surface area contributed by atoms with E-state index >= 15 is 0 Å². The van der Waals surface area contributed by atoms with Gasteiger partial charge in [0.2, 0.25) is 0 Å². The van der Waals surface area contributed by atoms with Gasteiger partial charge in [-0.15, -0.1) is 0 Å². The molecule has 0 radical (unpaired) electrons. The van der Waals surface area contributed by atoms with Crippen molar-refractivity contribution in [3.63, 3.8) is 0 Å². The van der Waals surface area contributed by atoms with Crippen LogP contribution >= 0.6 is 0 Å². The highest BCUT2D eigenvalue weighted by molar-refractivity contribution is 4.98. The van der Waals surface area contributed by atoms with Crippen LogP contribution in [0.5, 0.6) is 0 Å². The zero-order valence-electron chi connectivity index (χ0n) is 19.0. The zero-order chi connectivity index (χ0) is 19.7. The molecular formula is C28H47N. The van der Waals surface area contributed by atoms with Gasteiger partial charge in [0.15, 0.2) is 0 Å². The maximum atomic E-state index is 4.06. The molecule has 4 rings (SSSR count). The molecule has 1 N–H and O–H groups in total. The smallest absolute Gasteiger partial charge is 0.00700 e. The van der Waals surface area contributed by atoms with E-state index in [2.05, 4.69) is 29.6 Å². The van der Waals surface area contributed by atoms with E-state index in [1.54, 1.807) is 0 Å². The molecule has 0 amide bonds. The van der Waals surface area contributed by atoms with Gasteiger partial charge in [0.05, 0.1) is 0 Å². The third-order valence-electron chi connectivity index (χ3n) is 8.63. The molecule has 0 unspecified atom stereocenters. The molecule has 1 nitrogen and oxygen atoms in total. The van der Waals surface area contributed by atoms with Gasteiger partial charge in [-0.2, -0.15) is 0 Å². The maximum absolute atomic E-state index is 4.06. The molecule has 4 aliphatic rings. The predicted molar refractivity (Wildman–Crippen MR) is 126 cm³/mol. The molecule has 0 heterocycles. The normalized spacial score (nSPS) is 36.1. The molecular weight excluding hydrogens is 350 g/mol. The van der Waals surface area contributed by atoms with Crippen LogP contribution in [0, 0.1) is 23.7 Å². The van der Waals surface area contributed by atoms with Crippen molar-refractivity contribution in [1.82, 2.24) is 5.32 Å². The van der Waals surface area contributed by atoms with Crippen molar-refractivity contribution in [2.45, 2.75) is 128 Å². The van der Waals surface area contributed by atoms with Crippen molar-refractivity contribution >= 4 is 0 Å². The summed E-state index contributed by atoms with van der Waals surface area (Å²) in [6.45, 7) is 0. The lowest BCUT2D eigenvalue weighted by Gasteiger charge is -2.34. The Morgan fingerprint density at radius 3 is 1.00 bits per heavy atom. The van der Waals surface area contributed by atoms with Gasteiger partial charge in [0.1, 0.15) is 0 Å². The SMILES string of the molecule is C(=CC1CCC(NC2CCC(C=CC3CCCCC3)CC2)CC1)C1CCCCC1. The average Bonchev–Trinajstić information content (AvgIpc) is 2.80. The zero-order valence-corrected chi connectivity index (χ0v) is 19.0. The second-order valence-electron chi connectivity index (χ2n) is 11.0. The third kappa shape index (κ3) is 7.27. The van der Waals surface area contributed by atoms with Gasteiger partial charge < -0.3 is 5.32 Å². The molecule has 0 bridgehead atoms. The molecule has 0 aromatic rings. The molecule has 0 aromatic carbocycles. The summed E-state index contributed by atoms with van der Waals surface area (Å²) in [6, 6.07) is 1.60. The number of rotatable bonds is 6. The topological polar surface area (TPSA) is 12.0 Å². The molecule has 0 saturated heterocycles. The fraction of sp³-hybridized carbons (Fsp3) is 0.857. The number of nitrogens with one attached hydrogen (secondary N) is 1. The van der Waals surface area contributed by atoms with E-state index in [4.69, 9.17) is 0 Å². The standard InChI is InChI=1S/C28H47N/c1-3-7-23(8-4-1)11-13-25-15-19-27(20-16-25)29-28-21-17-26(18-22-28)14-12-24-9-5-2-6-10-24/h11-14,23-29H,1-10,15-22H2. The van der Waals surface area contributed by atoms with Crippen molar-refractivity contribution in [2.75, 3.05) is 0 Å². The first-order chi connectivity index (χ1) is 14.3. The van der Waals surface area contributed by atoms with E-state index in [0.29, 0.717) is 0 Å². The summed E-state index contributed by atoms with van der Waals surface area (Å²) in [6.07, 6.45) is 36.3. The summed E-state index contributed by atoms with van der Waals surface area (Å²) in [5.41, 5.74) is 0. The highest BCUT2D eigenvalue weighted by Crippen LogP contribution is 2.32. The van der Waals surface area contributed by atoms with Crippen molar-refractivity contribution in [3.05, 3.63) is 24.3 Å². The summed E-state index contributed by atoms with van der Waals surface area (Å²) in [5.74, 6) is 3.55. The Morgan fingerprint density at radius 2 is 0.655 bits per heavy atom. The number of hydrogen-bond donors (Lipinski definition) is 1. The summed E-state index contributed by atoms with van der Waals surface area (Å²) >= 11 is 0. The minimum atomic E-state index is 0.800. The first-order valence-electron chi connectivity index (χ1n) is 13.5. The molecule has 0 aliphatic heterocycles. The van der Waals surface area contributed by atoms with Crippen LogP contribution in [0.1, 0.15) is 116 Å². The summed E-state index contributed by atoms with van der Waals surface area (Å²) < 4.78 is 0. The van der Waals surface area contributed by atoms with E-state index in [1.807, 2.05) is 0 Å². The first-order valence-corrected chi connectivity index (χ1v) is 13.5. The van der Waals surface area contributed by atoms with Crippen molar-refractivity contribution < 1.29 is 0 Å². The fourth-order valence-electron chi connectivity index (χ4n) is 6.57. The molecule has 29 heavy (non-hydrogen) atoms. The molecule has 0 atom stereocenters. The molecule has 4 aliphatic carbocycles. The van der Waals surface area contributed by atoms with Crippen LogP contribution in [0.25, 0.3) is 0 Å². The van der Waals surface area contributed by atoms with E-state index in [1.165, 1.54) is 116 Å². The van der Waals surface area contributed by atoms with Crippen LogP contribution in [0.2, 0.25) is 0 Å². The van der Waals surface area contributed by atoms with Gasteiger partial charge in [-0.1, -0.05) is 62.8 Å². The van der Waals surface area contributed by atoms with E-state index < -0.39 is 0 Å². The minimum Gasteiger partial charge on any atom is -0.311 e. The van der Waals surface area contributed by atoms with E-state index in [0.717, 1.165) is 35.8 Å². The third-order valence-corrected chi connectivity index (χ3v) is 8.63. The van der Waals surface area contributed by atoms with Crippen molar-refractivity contribution in [3.8, 4) is 0 Å². The Bertz CT molecular complexity index is 446. The van der Waals surface area contributed by atoms with Crippen LogP contribution in [0.3, 0.4) is 0 Å². The van der Waals surface area contributed by atoms with Crippen molar-refractivity contribution in [1.29, 1.82) is 0 Å². The van der Waals surface area contributed by atoms with Crippen LogP contribution in [-0.4, -0.2) is 12.1 Å².